The van der Waals surface area contributed by atoms with E-state index in [9.17, 15) is 4.79 Å². The number of benzene rings is 2. The number of imidazole rings is 1. The molecular formula is C20H23N3O. The summed E-state index contributed by atoms with van der Waals surface area (Å²) >= 11 is 0. The molecule has 0 spiro atoms. The van der Waals surface area contributed by atoms with Gasteiger partial charge in [-0.25, -0.2) is 4.98 Å². The zero-order chi connectivity index (χ0) is 17.1. The van der Waals surface area contributed by atoms with Crippen LogP contribution in [0.3, 0.4) is 0 Å². The van der Waals surface area contributed by atoms with E-state index in [1.54, 1.807) is 0 Å². The fraction of sp³-hybridized carbons (Fsp3) is 0.300. The Hall–Kier alpha value is -2.62. The summed E-state index contributed by atoms with van der Waals surface area (Å²) in [5, 5.41) is 3.15. The Balaban J connectivity index is 1.76. The first-order valence-electron chi connectivity index (χ1n) is 8.36. The summed E-state index contributed by atoms with van der Waals surface area (Å²) in [6.45, 7) is 6.37. The topological polar surface area (TPSA) is 46.9 Å². The third kappa shape index (κ3) is 3.32. The summed E-state index contributed by atoms with van der Waals surface area (Å²) in [6, 6.07) is 16.3. The lowest BCUT2D eigenvalue weighted by molar-refractivity contribution is -0.122. The van der Waals surface area contributed by atoms with Gasteiger partial charge in [-0.1, -0.05) is 48.9 Å². The molecule has 3 rings (SSSR count). The summed E-state index contributed by atoms with van der Waals surface area (Å²) in [5.41, 5.74) is 4.28. The smallest absolute Gasteiger partial charge is 0.240 e. The highest BCUT2D eigenvalue weighted by Gasteiger charge is 2.15. The number of nitrogens with one attached hydrogen (secondary N) is 1. The minimum atomic E-state index is 0.00804. The van der Waals surface area contributed by atoms with Crippen LogP contribution < -0.4 is 5.32 Å². The van der Waals surface area contributed by atoms with E-state index >= 15 is 0 Å². The van der Waals surface area contributed by atoms with Crippen LogP contribution in [0.4, 0.5) is 0 Å². The van der Waals surface area contributed by atoms with Crippen molar-refractivity contribution in [2.75, 3.05) is 0 Å². The predicted octanol–water partition coefficient (Wildman–Crippen LogP) is 3.92. The van der Waals surface area contributed by atoms with E-state index in [1.807, 2.05) is 35.8 Å². The van der Waals surface area contributed by atoms with Gasteiger partial charge in [-0.05, 0) is 38.0 Å². The van der Waals surface area contributed by atoms with Gasteiger partial charge < -0.3 is 9.88 Å². The number of nitrogens with zero attached hydrogens (tertiary/aromatic N) is 2. The van der Waals surface area contributed by atoms with Crippen molar-refractivity contribution in [2.24, 2.45) is 0 Å². The predicted molar refractivity (Wildman–Crippen MR) is 96.8 cm³/mol. The number of rotatable bonds is 5. The number of hydrogen-bond donors (Lipinski definition) is 1. The first-order chi connectivity index (χ1) is 11.6. The first kappa shape index (κ1) is 16.2. The lowest BCUT2D eigenvalue weighted by Crippen LogP contribution is -2.31. The maximum Gasteiger partial charge on any atom is 0.240 e. The highest BCUT2D eigenvalue weighted by molar-refractivity contribution is 5.81. The van der Waals surface area contributed by atoms with E-state index in [1.165, 1.54) is 5.56 Å². The number of aromatic nitrogens is 2. The molecule has 2 aromatic carbocycles. The molecule has 3 aromatic rings. The molecule has 1 atom stereocenters. The van der Waals surface area contributed by atoms with Crippen LogP contribution in [0.25, 0.3) is 11.0 Å². The van der Waals surface area contributed by atoms with E-state index in [-0.39, 0.29) is 18.5 Å². The molecule has 0 aliphatic heterocycles. The molecule has 1 aromatic heterocycles. The Bertz CT molecular complexity index is 849. The largest absolute Gasteiger partial charge is 0.348 e. The third-order valence-electron chi connectivity index (χ3n) is 4.37. The molecule has 4 nitrogen and oxygen atoms in total. The normalized spacial score (nSPS) is 12.3. The molecule has 0 saturated heterocycles. The SMILES string of the molecule is CCC(NC(=O)Cn1c(C)nc2ccccc21)c1ccc(C)cc1. The van der Waals surface area contributed by atoms with Crippen molar-refractivity contribution in [3.05, 3.63) is 65.5 Å². The highest BCUT2D eigenvalue weighted by Crippen LogP contribution is 2.18. The van der Waals surface area contributed by atoms with Crippen molar-refractivity contribution in [3.63, 3.8) is 0 Å². The molecular weight excluding hydrogens is 298 g/mol. The Morgan fingerprint density at radius 3 is 2.54 bits per heavy atom. The number of carbonyl (C=O) groups excluding carboxylic acids is 1. The molecule has 0 aliphatic carbocycles. The standard InChI is InChI=1S/C20H23N3O/c1-4-17(16-11-9-14(2)10-12-16)22-20(24)13-23-15(3)21-18-7-5-6-8-19(18)23/h5-12,17H,4,13H2,1-3H3,(H,22,24). The molecule has 1 unspecified atom stereocenters. The second-order valence-corrected chi connectivity index (χ2v) is 6.17. The molecule has 124 valence electrons. The number of amides is 1. The van der Waals surface area contributed by atoms with Crippen molar-refractivity contribution >= 4 is 16.9 Å². The summed E-state index contributed by atoms with van der Waals surface area (Å²) in [6.07, 6.45) is 0.860. The molecule has 0 bridgehead atoms. The van der Waals surface area contributed by atoms with Gasteiger partial charge in [0.1, 0.15) is 12.4 Å². The Morgan fingerprint density at radius 1 is 1.12 bits per heavy atom. The van der Waals surface area contributed by atoms with Gasteiger partial charge in [0.2, 0.25) is 5.91 Å². The number of aryl methyl sites for hydroxylation is 2. The minimum Gasteiger partial charge on any atom is -0.348 e. The third-order valence-corrected chi connectivity index (χ3v) is 4.37. The van der Waals surface area contributed by atoms with Gasteiger partial charge in [-0.2, -0.15) is 0 Å². The minimum absolute atomic E-state index is 0.00804. The lowest BCUT2D eigenvalue weighted by atomic mass is 10.0. The molecule has 4 heteroatoms. The summed E-state index contributed by atoms with van der Waals surface area (Å²) in [7, 11) is 0. The van der Waals surface area contributed by atoms with Gasteiger partial charge in [0.25, 0.3) is 0 Å². The van der Waals surface area contributed by atoms with Crippen molar-refractivity contribution in [1.29, 1.82) is 0 Å². The van der Waals surface area contributed by atoms with Crippen LogP contribution in [0, 0.1) is 13.8 Å². The van der Waals surface area contributed by atoms with Crippen LogP contribution in [-0.4, -0.2) is 15.5 Å². The molecule has 1 amide bonds. The fourth-order valence-electron chi connectivity index (χ4n) is 3.00. The van der Waals surface area contributed by atoms with Crippen molar-refractivity contribution in [3.8, 4) is 0 Å². The van der Waals surface area contributed by atoms with Crippen LogP contribution in [0.15, 0.2) is 48.5 Å². The quantitative estimate of drug-likeness (QED) is 0.774. The zero-order valence-electron chi connectivity index (χ0n) is 14.4. The fourth-order valence-corrected chi connectivity index (χ4v) is 3.00. The monoisotopic (exact) mass is 321 g/mol. The van der Waals surface area contributed by atoms with Crippen LogP contribution >= 0.6 is 0 Å². The average molecular weight is 321 g/mol. The number of fused-ring (bicyclic) bond motifs is 1. The molecule has 0 saturated carbocycles. The van der Waals surface area contributed by atoms with Crippen molar-refractivity contribution < 1.29 is 4.79 Å². The molecule has 1 heterocycles. The van der Waals surface area contributed by atoms with Gasteiger partial charge in [-0.3, -0.25) is 4.79 Å². The van der Waals surface area contributed by atoms with E-state index in [0.29, 0.717) is 0 Å². The molecule has 24 heavy (non-hydrogen) atoms. The first-order valence-corrected chi connectivity index (χ1v) is 8.36. The van der Waals surface area contributed by atoms with Gasteiger partial charge in [0.05, 0.1) is 17.1 Å². The van der Waals surface area contributed by atoms with E-state index in [2.05, 4.69) is 48.4 Å². The van der Waals surface area contributed by atoms with Crippen molar-refractivity contribution in [1.82, 2.24) is 14.9 Å². The maximum atomic E-state index is 12.6. The molecule has 1 N–H and O–H groups in total. The van der Waals surface area contributed by atoms with Gasteiger partial charge in [0, 0.05) is 0 Å². The second-order valence-electron chi connectivity index (χ2n) is 6.17. The highest BCUT2D eigenvalue weighted by atomic mass is 16.2. The van der Waals surface area contributed by atoms with Crippen LogP contribution in [0.2, 0.25) is 0 Å². The van der Waals surface area contributed by atoms with Gasteiger partial charge in [0.15, 0.2) is 0 Å². The number of para-hydroxylation sites is 2. The Labute approximate surface area is 142 Å². The lowest BCUT2D eigenvalue weighted by Gasteiger charge is -2.18. The van der Waals surface area contributed by atoms with Crippen molar-refractivity contribution in [2.45, 2.75) is 39.8 Å². The maximum absolute atomic E-state index is 12.6. The van der Waals surface area contributed by atoms with E-state index in [4.69, 9.17) is 0 Å². The molecule has 0 aliphatic rings. The molecule has 0 fully saturated rings. The number of hydrogen-bond acceptors (Lipinski definition) is 2. The Morgan fingerprint density at radius 2 is 1.83 bits per heavy atom. The van der Waals surface area contributed by atoms with E-state index < -0.39 is 0 Å². The van der Waals surface area contributed by atoms with Crippen LogP contribution in [0.5, 0.6) is 0 Å². The average Bonchev–Trinajstić information content (AvgIpc) is 2.89. The van der Waals surface area contributed by atoms with Gasteiger partial charge in [-0.15, -0.1) is 0 Å². The summed E-state index contributed by atoms with van der Waals surface area (Å²) in [4.78, 5) is 17.1. The van der Waals surface area contributed by atoms with E-state index in [0.717, 1.165) is 28.8 Å². The summed E-state index contributed by atoms with van der Waals surface area (Å²) in [5.74, 6) is 0.864. The zero-order valence-corrected chi connectivity index (χ0v) is 14.4. The Kier molecular flexibility index (Phi) is 4.65. The van der Waals surface area contributed by atoms with Gasteiger partial charge >= 0.3 is 0 Å². The number of carbonyl (C=O) groups is 1. The second kappa shape index (κ2) is 6.87. The molecule has 0 radical (unpaired) electrons. The van der Waals surface area contributed by atoms with Crippen LogP contribution in [-0.2, 0) is 11.3 Å². The van der Waals surface area contributed by atoms with Crippen LogP contribution in [0.1, 0.15) is 36.3 Å². The summed E-state index contributed by atoms with van der Waals surface area (Å²) < 4.78 is 1.96.